The highest BCUT2D eigenvalue weighted by molar-refractivity contribution is 7.98. The normalized spacial score (nSPS) is 11.0. The number of thiazole rings is 1. The van der Waals surface area contributed by atoms with Crippen molar-refractivity contribution in [3.05, 3.63) is 77.7 Å². The van der Waals surface area contributed by atoms with Crippen molar-refractivity contribution in [1.82, 2.24) is 4.98 Å². The number of fused-ring (bicyclic) bond motifs is 1. The second-order valence-corrected chi connectivity index (χ2v) is 8.01. The minimum Gasteiger partial charge on any atom is -0.467 e. The molecule has 0 fully saturated rings. The monoisotopic (exact) mass is 394 g/mol. The van der Waals surface area contributed by atoms with Crippen molar-refractivity contribution in [1.29, 1.82) is 0 Å². The molecule has 0 aliphatic heterocycles. The zero-order chi connectivity index (χ0) is 18.8. The SMILES string of the molecule is CSc1cccc(C(=O)N(Cc2ccco2)c2nc3c(C)cccc3s2)c1. The molecule has 2 aromatic carbocycles. The van der Waals surface area contributed by atoms with Gasteiger partial charge in [-0.2, -0.15) is 0 Å². The zero-order valence-corrected chi connectivity index (χ0v) is 16.6. The number of carbonyl (C=O) groups is 1. The van der Waals surface area contributed by atoms with E-state index in [4.69, 9.17) is 9.40 Å². The second kappa shape index (κ2) is 7.58. The van der Waals surface area contributed by atoms with Crippen LogP contribution >= 0.6 is 23.1 Å². The Hall–Kier alpha value is -2.57. The molecule has 4 rings (SSSR count). The van der Waals surface area contributed by atoms with Crippen molar-refractivity contribution in [2.75, 3.05) is 11.2 Å². The standard InChI is InChI=1S/C21H18N2O2S2/c1-14-6-3-10-18-19(14)22-21(27-18)23(13-16-8-5-11-25-16)20(24)15-7-4-9-17(12-15)26-2/h3-12H,13H2,1-2H3. The van der Waals surface area contributed by atoms with Crippen LogP contribution in [0.3, 0.4) is 0 Å². The van der Waals surface area contributed by atoms with Crippen LogP contribution in [0.1, 0.15) is 21.7 Å². The number of aryl methyl sites for hydroxylation is 1. The number of amides is 1. The van der Waals surface area contributed by atoms with Crippen molar-refractivity contribution in [3.63, 3.8) is 0 Å². The first-order valence-corrected chi connectivity index (χ1v) is 10.5. The van der Waals surface area contributed by atoms with Gasteiger partial charge in [-0.05, 0) is 55.1 Å². The second-order valence-electron chi connectivity index (χ2n) is 6.12. The summed E-state index contributed by atoms with van der Waals surface area (Å²) in [6.45, 7) is 2.38. The maximum absolute atomic E-state index is 13.3. The molecule has 2 aromatic heterocycles. The summed E-state index contributed by atoms with van der Waals surface area (Å²) in [6, 6.07) is 17.5. The van der Waals surface area contributed by atoms with E-state index in [0.29, 0.717) is 17.2 Å². The summed E-state index contributed by atoms with van der Waals surface area (Å²) in [4.78, 5) is 20.9. The van der Waals surface area contributed by atoms with Crippen molar-refractivity contribution in [2.45, 2.75) is 18.4 Å². The highest BCUT2D eigenvalue weighted by Gasteiger charge is 2.23. The maximum Gasteiger partial charge on any atom is 0.260 e. The number of carbonyl (C=O) groups excluding carboxylic acids is 1. The zero-order valence-electron chi connectivity index (χ0n) is 15.0. The Morgan fingerprint density at radius 2 is 2.04 bits per heavy atom. The molecule has 6 heteroatoms. The number of rotatable bonds is 5. The van der Waals surface area contributed by atoms with Gasteiger partial charge >= 0.3 is 0 Å². The van der Waals surface area contributed by atoms with Crippen LogP contribution in [-0.4, -0.2) is 17.1 Å². The van der Waals surface area contributed by atoms with E-state index >= 15 is 0 Å². The number of aromatic nitrogens is 1. The number of anilines is 1. The van der Waals surface area contributed by atoms with Crippen LogP contribution in [0.25, 0.3) is 10.2 Å². The van der Waals surface area contributed by atoms with E-state index in [1.54, 1.807) is 22.9 Å². The number of nitrogens with zero attached hydrogens (tertiary/aromatic N) is 2. The number of para-hydroxylation sites is 1. The molecule has 4 nitrogen and oxygen atoms in total. The Morgan fingerprint density at radius 1 is 1.19 bits per heavy atom. The topological polar surface area (TPSA) is 46.3 Å². The first-order chi connectivity index (χ1) is 13.2. The lowest BCUT2D eigenvalue weighted by atomic mass is 10.2. The number of furan rings is 1. The third-order valence-corrected chi connectivity index (χ3v) is 6.07. The van der Waals surface area contributed by atoms with Gasteiger partial charge in [0.25, 0.3) is 5.91 Å². The average Bonchev–Trinajstić information content (AvgIpc) is 3.36. The van der Waals surface area contributed by atoms with Crippen LogP contribution in [0.2, 0.25) is 0 Å². The Bertz CT molecular complexity index is 1090. The summed E-state index contributed by atoms with van der Waals surface area (Å²) < 4.78 is 6.56. The number of thioether (sulfide) groups is 1. The first-order valence-electron chi connectivity index (χ1n) is 8.50. The van der Waals surface area contributed by atoms with E-state index in [1.165, 1.54) is 11.3 Å². The van der Waals surface area contributed by atoms with E-state index in [9.17, 15) is 4.79 Å². The van der Waals surface area contributed by atoms with Gasteiger partial charge in [0.2, 0.25) is 0 Å². The van der Waals surface area contributed by atoms with Gasteiger partial charge in [-0.1, -0.05) is 29.5 Å². The van der Waals surface area contributed by atoms with Gasteiger partial charge in [-0.15, -0.1) is 11.8 Å². The molecule has 2 heterocycles. The Labute approximate surface area is 165 Å². The van der Waals surface area contributed by atoms with Gasteiger partial charge in [0.05, 0.1) is 23.0 Å². The smallest absolute Gasteiger partial charge is 0.260 e. The van der Waals surface area contributed by atoms with Crippen molar-refractivity contribution < 1.29 is 9.21 Å². The number of benzene rings is 2. The fourth-order valence-electron chi connectivity index (χ4n) is 2.89. The Balaban J connectivity index is 1.77. The van der Waals surface area contributed by atoms with Crippen molar-refractivity contribution >= 4 is 44.4 Å². The third kappa shape index (κ3) is 3.63. The summed E-state index contributed by atoms with van der Waals surface area (Å²) in [5, 5.41) is 0.676. The predicted molar refractivity (Wildman–Crippen MR) is 112 cm³/mol. The van der Waals surface area contributed by atoms with E-state index in [1.807, 2.05) is 67.8 Å². The Kier molecular flexibility index (Phi) is 5.01. The summed E-state index contributed by atoms with van der Waals surface area (Å²) in [7, 11) is 0. The molecule has 0 aliphatic carbocycles. The lowest BCUT2D eigenvalue weighted by Crippen LogP contribution is -2.30. The van der Waals surface area contributed by atoms with Gasteiger partial charge in [0, 0.05) is 10.5 Å². The molecular formula is C21H18N2O2S2. The first kappa shape index (κ1) is 17.8. The highest BCUT2D eigenvalue weighted by Crippen LogP contribution is 2.32. The van der Waals surface area contributed by atoms with Crippen LogP contribution in [0.15, 0.2) is 70.2 Å². The molecule has 0 bridgehead atoms. The molecule has 1 amide bonds. The number of hydrogen-bond donors (Lipinski definition) is 0. The van der Waals surface area contributed by atoms with Crippen molar-refractivity contribution in [2.24, 2.45) is 0 Å². The lowest BCUT2D eigenvalue weighted by Gasteiger charge is -2.19. The van der Waals surface area contributed by atoms with Crippen LogP contribution in [0.5, 0.6) is 0 Å². The molecule has 136 valence electrons. The van der Waals surface area contributed by atoms with Gasteiger partial charge in [0.15, 0.2) is 5.13 Å². The van der Waals surface area contributed by atoms with E-state index in [0.717, 1.165) is 26.4 Å². The third-order valence-electron chi connectivity index (χ3n) is 4.30. The summed E-state index contributed by atoms with van der Waals surface area (Å²) >= 11 is 3.14. The van der Waals surface area contributed by atoms with Crippen LogP contribution < -0.4 is 4.90 Å². The molecule has 0 unspecified atom stereocenters. The molecule has 4 aromatic rings. The Morgan fingerprint density at radius 3 is 2.78 bits per heavy atom. The summed E-state index contributed by atoms with van der Waals surface area (Å²) in [5.74, 6) is 0.638. The van der Waals surface area contributed by atoms with Gasteiger partial charge in [-0.25, -0.2) is 4.98 Å². The van der Waals surface area contributed by atoms with Crippen molar-refractivity contribution in [3.8, 4) is 0 Å². The minimum atomic E-state index is -0.0843. The lowest BCUT2D eigenvalue weighted by molar-refractivity contribution is 0.0983. The average molecular weight is 395 g/mol. The van der Waals surface area contributed by atoms with Gasteiger partial charge in [0.1, 0.15) is 5.76 Å². The highest BCUT2D eigenvalue weighted by atomic mass is 32.2. The summed E-state index contributed by atoms with van der Waals surface area (Å²) in [5.41, 5.74) is 2.68. The quantitative estimate of drug-likeness (QED) is 0.403. The van der Waals surface area contributed by atoms with Gasteiger partial charge in [-0.3, -0.25) is 9.69 Å². The predicted octanol–water partition coefficient (Wildman–Crippen LogP) is 5.77. The molecule has 0 saturated heterocycles. The molecular weight excluding hydrogens is 376 g/mol. The van der Waals surface area contributed by atoms with E-state index in [2.05, 4.69) is 0 Å². The molecule has 0 spiro atoms. The number of hydrogen-bond acceptors (Lipinski definition) is 5. The van der Waals surface area contributed by atoms with Crippen LogP contribution in [0, 0.1) is 6.92 Å². The molecule has 0 N–H and O–H groups in total. The minimum absolute atomic E-state index is 0.0843. The van der Waals surface area contributed by atoms with E-state index in [-0.39, 0.29) is 5.91 Å². The fourth-order valence-corrected chi connectivity index (χ4v) is 4.39. The largest absolute Gasteiger partial charge is 0.467 e. The summed E-state index contributed by atoms with van der Waals surface area (Å²) in [6.07, 6.45) is 3.62. The van der Waals surface area contributed by atoms with Crippen LogP contribution in [-0.2, 0) is 6.54 Å². The molecule has 27 heavy (non-hydrogen) atoms. The van der Waals surface area contributed by atoms with Gasteiger partial charge < -0.3 is 4.42 Å². The van der Waals surface area contributed by atoms with E-state index < -0.39 is 0 Å². The molecule has 0 radical (unpaired) electrons. The van der Waals surface area contributed by atoms with Crippen LogP contribution in [0.4, 0.5) is 5.13 Å². The molecule has 0 atom stereocenters. The maximum atomic E-state index is 13.3. The fraction of sp³-hybridized carbons (Fsp3) is 0.143. The molecule has 0 saturated carbocycles. The molecule has 0 aliphatic rings.